The number of hydrogen-bond acceptors (Lipinski definition) is 4. The van der Waals surface area contributed by atoms with Crippen molar-refractivity contribution in [3.8, 4) is 0 Å². The zero-order chi connectivity index (χ0) is 29.8. The minimum Gasteiger partial charge on any atom is -0.457 e. The van der Waals surface area contributed by atoms with Crippen LogP contribution in [0.5, 0.6) is 0 Å². The number of carbonyl (C=O) groups excluding carboxylic acids is 2. The zero-order valence-electron chi connectivity index (χ0n) is 24.3. The number of carbonyl (C=O) groups is 2. The van der Waals surface area contributed by atoms with E-state index in [-0.39, 0.29) is 25.0 Å². The summed E-state index contributed by atoms with van der Waals surface area (Å²) in [4.78, 5) is 24.9. The Morgan fingerprint density at radius 3 is 2.60 bits per heavy atom. The summed E-state index contributed by atoms with van der Waals surface area (Å²) in [5, 5.41) is 4.51. The number of nitrogens with one attached hydrogen (secondary N) is 1. The van der Waals surface area contributed by atoms with Gasteiger partial charge in [0.25, 0.3) is 5.91 Å². The van der Waals surface area contributed by atoms with Crippen LogP contribution in [0.1, 0.15) is 82.1 Å². The molecule has 0 aromatic heterocycles. The monoisotopic (exact) mass is 562 g/mol. The van der Waals surface area contributed by atoms with Crippen molar-refractivity contribution >= 4 is 24.0 Å². The van der Waals surface area contributed by atoms with Gasteiger partial charge in [0.1, 0.15) is 12.2 Å². The van der Waals surface area contributed by atoms with E-state index in [4.69, 9.17) is 4.74 Å². The van der Waals surface area contributed by atoms with E-state index in [0.717, 1.165) is 60.1 Å². The quantitative estimate of drug-likeness (QED) is 0.220. The predicted molar refractivity (Wildman–Crippen MR) is 153 cm³/mol. The molecule has 5 nitrogen and oxygen atoms in total. The molecular weight excluding hydrogens is 519 g/mol. The summed E-state index contributed by atoms with van der Waals surface area (Å²) in [5.41, 5.74) is 1.59. The number of rotatable bonds is 10. The number of esters is 1. The van der Waals surface area contributed by atoms with Gasteiger partial charge in [0.05, 0.1) is 17.9 Å². The first-order valence-corrected chi connectivity index (χ1v) is 13.9. The number of allylic oxidation sites excluding steroid dienone is 3. The highest BCUT2D eigenvalue weighted by molar-refractivity contribution is 5.95. The molecule has 0 saturated carbocycles. The standard InChI is InChI=1S/C32H42F3NO4/c1-6-27-23(2)28(29(37)36-20-21-39-22-32(33,34)35)19-18-25(27)15-9-7-8-12-24-13-10-16-26(17-11-14-24)30(38)40-31(3,4)5/h6-9,15-16,18-19,24H,10-14,17,20-22H2,1-5H3/p+1/b8-7+,25-15?,26-16?,27-6-. The first kappa shape index (κ1) is 33.2. The Morgan fingerprint density at radius 1 is 1.18 bits per heavy atom. The second kappa shape index (κ2) is 15.7. The van der Waals surface area contributed by atoms with Crippen LogP contribution in [0.15, 0.2) is 35.9 Å². The van der Waals surface area contributed by atoms with Crippen LogP contribution in [0.4, 0.5) is 13.2 Å². The highest BCUT2D eigenvalue weighted by Gasteiger charge is 2.27. The van der Waals surface area contributed by atoms with Crippen molar-refractivity contribution in [3.05, 3.63) is 63.9 Å². The lowest BCUT2D eigenvalue weighted by Crippen LogP contribution is -2.34. The first-order chi connectivity index (χ1) is 18.8. The number of alkyl halides is 3. The Labute approximate surface area is 236 Å². The average Bonchev–Trinajstić information content (AvgIpc) is 2.82. The van der Waals surface area contributed by atoms with Gasteiger partial charge in [0.15, 0.2) is 0 Å². The fraction of sp³-hybridized carbons (Fsp3) is 0.531. The van der Waals surface area contributed by atoms with E-state index in [9.17, 15) is 22.8 Å². The fourth-order valence-electron chi connectivity index (χ4n) is 4.64. The summed E-state index contributed by atoms with van der Waals surface area (Å²) < 4.78 is 46.5. The largest absolute Gasteiger partial charge is 0.457 e. The lowest BCUT2D eigenvalue weighted by atomic mass is 9.89. The fourth-order valence-corrected chi connectivity index (χ4v) is 4.64. The molecule has 0 bridgehead atoms. The highest BCUT2D eigenvalue weighted by atomic mass is 19.4. The van der Waals surface area contributed by atoms with Crippen LogP contribution in [0.25, 0.3) is 12.2 Å². The van der Waals surface area contributed by atoms with Crippen molar-refractivity contribution in [2.45, 2.75) is 84.9 Å². The Hall–Kier alpha value is -3.00. The van der Waals surface area contributed by atoms with Crippen molar-refractivity contribution in [2.75, 3.05) is 19.8 Å². The van der Waals surface area contributed by atoms with Gasteiger partial charge in [-0.15, -0.1) is 0 Å². The molecule has 1 N–H and O–H groups in total. The Balaban J connectivity index is 1.89. The molecule has 40 heavy (non-hydrogen) atoms. The van der Waals surface area contributed by atoms with Crippen molar-refractivity contribution in [1.82, 2.24) is 5.32 Å². The van der Waals surface area contributed by atoms with E-state index >= 15 is 0 Å². The van der Waals surface area contributed by atoms with E-state index in [1.165, 1.54) is 0 Å². The van der Waals surface area contributed by atoms with Crippen LogP contribution in [0.3, 0.4) is 0 Å². The highest BCUT2D eigenvalue weighted by Crippen LogP contribution is 2.26. The van der Waals surface area contributed by atoms with Gasteiger partial charge in [0.2, 0.25) is 0 Å². The molecule has 1 atom stereocenters. The van der Waals surface area contributed by atoms with Crippen molar-refractivity contribution in [1.29, 1.82) is 0 Å². The van der Waals surface area contributed by atoms with Gasteiger partial charge in [0, 0.05) is 54.0 Å². The van der Waals surface area contributed by atoms with E-state index in [0.29, 0.717) is 11.5 Å². The van der Waals surface area contributed by atoms with Gasteiger partial charge in [-0.25, -0.2) is 4.79 Å². The molecule has 0 fully saturated rings. The third-order valence-corrected chi connectivity index (χ3v) is 6.56. The van der Waals surface area contributed by atoms with Crippen molar-refractivity contribution in [3.63, 3.8) is 0 Å². The number of amides is 1. The van der Waals surface area contributed by atoms with Gasteiger partial charge >= 0.3 is 12.1 Å². The molecular formula is C32H43F3NO4+. The van der Waals surface area contributed by atoms with Crippen molar-refractivity contribution in [2.24, 2.45) is 5.92 Å². The van der Waals surface area contributed by atoms with Crippen LogP contribution < -0.4 is 15.8 Å². The SMILES string of the molecule is C/C=c1/c(C)c(C(=O)NCCOCC(F)(F)F)ccc1=C[CH+]/C=C/CC1CCC=C(C(=O)OC(C)(C)C)CCC1. The maximum atomic E-state index is 12.5. The molecule has 0 aliphatic heterocycles. The molecule has 0 heterocycles. The lowest BCUT2D eigenvalue weighted by Gasteiger charge is -2.22. The maximum absolute atomic E-state index is 12.5. The van der Waals surface area contributed by atoms with Gasteiger partial charge in [-0.2, -0.15) is 13.2 Å². The third-order valence-electron chi connectivity index (χ3n) is 6.56. The van der Waals surface area contributed by atoms with Crippen LogP contribution >= 0.6 is 0 Å². The minimum atomic E-state index is -4.38. The van der Waals surface area contributed by atoms with E-state index < -0.39 is 18.4 Å². The third kappa shape index (κ3) is 12.0. The summed E-state index contributed by atoms with van der Waals surface area (Å²) in [6.45, 7) is 7.86. The predicted octanol–water partition coefficient (Wildman–Crippen LogP) is 5.88. The molecule has 1 unspecified atom stereocenters. The van der Waals surface area contributed by atoms with E-state index in [1.807, 2.05) is 71.4 Å². The minimum absolute atomic E-state index is 0.00579. The van der Waals surface area contributed by atoms with Gasteiger partial charge < -0.3 is 14.8 Å². The Kier molecular flexibility index (Phi) is 13.0. The molecule has 1 aliphatic carbocycles. The van der Waals surface area contributed by atoms with Gasteiger partial charge in [-0.05, 0) is 84.3 Å². The maximum Gasteiger partial charge on any atom is 0.411 e. The Bertz CT molecular complexity index is 1180. The number of halogens is 3. The zero-order valence-corrected chi connectivity index (χ0v) is 24.3. The summed E-state index contributed by atoms with van der Waals surface area (Å²) >= 11 is 0. The van der Waals surface area contributed by atoms with Crippen LogP contribution in [0.2, 0.25) is 0 Å². The van der Waals surface area contributed by atoms with Crippen LogP contribution in [-0.2, 0) is 14.3 Å². The second-order valence-corrected chi connectivity index (χ2v) is 11.0. The molecule has 1 aromatic rings. The van der Waals surface area contributed by atoms with Crippen molar-refractivity contribution < 1.29 is 32.2 Å². The average molecular weight is 563 g/mol. The molecule has 0 spiro atoms. The number of benzene rings is 1. The summed E-state index contributed by atoms with van der Waals surface area (Å²) in [5.74, 6) is 0.0245. The molecule has 1 aromatic carbocycles. The molecule has 8 heteroatoms. The van der Waals surface area contributed by atoms with Crippen LogP contribution in [0, 0.1) is 19.3 Å². The molecule has 1 amide bonds. The molecule has 220 valence electrons. The number of ether oxygens (including phenoxy) is 2. The first-order valence-electron chi connectivity index (χ1n) is 13.9. The molecule has 0 radical (unpaired) electrons. The summed E-state index contributed by atoms with van der Waals surface area (Å²) in [6, 6.07) is 3.59. The second-order valence-electron chi connectivity index (χ2n) is 11.0. The van der Waals surface area contributed by atoms with E-state index in [2.05, 4.69) is 16.1 Å². The molecule has 1 aliphatic rings. The molecule has 0 saturated heterocycles. The topological polar surface area (TPSA) is 64.6 Å². The van der Waals surface area contributed by atoms with Gasteiger partial charge in [-0.3, -0.25) is 4.79 Å². The smallest absolute Gasteiger partial charge is 0.411 e. The summed E-state index contributed by atoms with van der Waals surface area (Å²) in [6.07, 6.45) is 13.5. The van der Waals surface area contributed by atoms with Crippen LogP contribution in [-0.4, -0.2) is 43.4 Å². The Morgan fingerprint density at radius 2 is 1.93 bits per heavy atom. The van der Waals surface area contributed by atoms with E-state index in [1.54, 1.807) is 6.07 Å². The normalized spacial score (nSPS) is 17.8. The lowest BCUT2D eigenvalue weighted by molar-refractivity contribution is -0.173. The van der Waals surface area contributed by atoms with Gasteiger partial charge in [-0.1, -0.05) is 12.2 Å². The summed E-state index contributed by atoms with van der Waals surface area (Å²) in [7, 11) is 0. The molecule has 2 rings (SSSR count). The number of hydrogen-bond donors (Lipinski definition) is 1.